The second kappa shape index (κ2) is 3.79. The summed E-state index contributed by atoms with van der Waals surface area (Å²) in [6, 6.07) is 7.71. The molecule has 0 bridgehead atoms. The molecule has 0 spiro atoms. The Morgan fingerprint density at radius 1 is 1.31 bits per heavy atom. The van der Waals surface area contributed by atoms with Crippen molar-refractivity contribution >= 4 is 12.2 Å². The van der Waals surface area contributed by atoms with E-state index in [1.54, 1.807) is 6.20 Å². The zero-order valence-corrected chi connectivity index (χ0v) is 9.50. The minimum Gasteiger partial charge on any atom is -0.342 e. The van der Waals surface area contributed by atoms with Crippen LogP contribution >= 0.6 is 12.2 Å². The fourth-order valence-corrected chi connectivity index (χ4v) is 1.90. The highest BCUT2D eigenvalue weighted by molar-refractivity contribution is 7.71. The summed E-state index contributed by atoms with van der Waals surface area (Å²) in [7, 11) is 0. The van der Waals surface area contributed by atoms with Crippen molar-refractivity contribution in [2.24, 2.45) is 0 Å². The summed E-state index contributed by atoms with van der Waals surface area (Å²) in [5, 5.41) is 0. The van der Waals surface area contributed by atoms with Crippen molar-refractivity contribution in [1.82, 2.24) is 15.0 Å². The van der Waals surface area contributed by atoms with Gasteiger partial charge >= 0.3 is 0 Å². The van der Waals surface area contributed by atoms with Crippen molar-refractivity contribution in [2.75, 3.05) is 0 Å². The summed E-state index contributed by atoms with van der Waals surface area (Å²) in [4.78, 5) is 12.0. The van der Waals surface area contributed by atoms with Gasteiger partial charge in [-0.15, -0.1) is 0 Å². The lowest BCUT2D eigenvalue weighted by atomic mass is 10.2. The Kier molecular flexibility index (Phi) is 2.29. The third-order valence-electron chi connectivity index (χ3n) is 2.67. The Bertz CT molecular complexity index is 558. The number of H-pyrrole nitrogens is 1. The van der Waals surface area contributed by atoms with E-state index in [0.29, 0.717) is 10.6 Å². The van der Waals surface area contributed by atoms with Crippen molar-refractivity contribution in [1.29, 1.82) is 0 Å². The van der Waals surface area contributed by atoms with Crippen molar-refractivity contribution in [3.05, 3.63) is 40.9 Å². The molecule has 1 N–H and O–H groups in total. The third kappa shape index (κ3) is 1.88. The number of nitrogens with one attached hydrogen (secondary N) is 1. The van der Waals surface area contributed by atoms with E-state index in [2.05, 4.69) is 15.0 Å². The first-order chi connectivity index (χ1) is 7.83. The second-order valence-corrected chi connectivity index (χ2v) is 4.43. The van der Waals surface area contributed by atoms with Crippen LogP contribution in [0.4, 0.5) is 0 Å². The Balaban J connectivity index is 2.10. The van der Waals surface area contributed by atoms with Crippen LogP contribution in [-0.4, -0.2) is 15.0 Å². The maximum atomic E-state index is 5.18. The first kappa shape index (κ1) is 9.66. The number of rotatable bonds is 2. The maximum absolute atomic E-state index is 5.18. The normalized spacial score (nSPS) is 15.0. The molecule has 0 saturated heterocycles. The summed E-state index contributed by atoms with van der Waals surface area (Å²) in [6.07, 6.45) is 4.21. The molecule has 80 valence electrons. The highest BCUT2D eigenvalue weighted by Gasteiger charge is 2.26. The van der Waals surface area contributed by atoms with E-state index in [-0.39, 0.29) is 0 Å². The molecule has 2 aromatic rings. The van der Waals surface area contributed by atoms with Crippen LogP contribution in [0.1, 0.15) is 24.6 Å². The van der Waals surface area contributed by atoms with E-state index in [1.165, 1.54) is 12.8 Å². The van der Waals surface area contributed by atoms with E-state index in [4.69, 9.17) is 12.2 Å². The van der Waals surface area contributed by atoms with Crippen LogP contribution in [0, 0.1) is 4.64 Å². The molecule has 4 heteroatoms. The summed E-state index contributed by atoms with van der Waals surface area (Å²) < 4.78 is 0.640. The van der Waals surface area contributed by atoms with Crippen molar-refractivity contribution in [2.45, 2.75) is 18.8 Å². The van der Waals surface area contributed by atoms with Crippen LogP contribution in [-0.2, 0) is 0 Å². The van der Waals surface area contributed by atoms with Gasteiger partial charge < -0.3 is 4.98 Å². The summed E-state index contributed by atoms with van der Waals surface area (Å²) >= 11 is 5.18. The minimum absolute atomic E-state index is 0.574. The number of hydrogen-bond donors (Lipinski definition) is 1. The molecule has 16 heavy (non-hydrogen) atoms. The fourth-order valence-electron chi connectivity index (χ4n) is 1.69. The number of aromatic nitrogens is 3. The van der Waals surface area contributed by atoms with E-state index in [0.717, 1.165) is 17.2 Å². The lowest BCUT2D eigenvalue weighted by Crippen LogP contribution is -1.96. The van der Waals surface area contributed by atoms with Crippen LogP contribution in [0.2, 0.25) is 0 Å². The molecule has 0 aromatic carbocycles. The van der Waals surface area contributed by atoms with Gasteiger partial charge in [0.25, 0.3) is 0 Å². The molecule has 0 radical (unpaired) electrons. The first-order valence-corrected chi connectivity index (χ1v) is 5.76. The van der Waals surface area contributed by atoms with Crippen LogP contribution in [0.25, 0.3) is 11.4 Å². The predicted octanol–water partition coefficient (Wildman–Crippen LogP) is 3.08. The molecule has 0 atom stereocenters. The number of nitrogens with zero attached hydrogens (tertiary/aromatic N) is 2. The highest BCUT2D eigenvalue weighted by atomic mass is 32.1. The van der Waals surface area contributed by atoms with Crippen molar-refractivity contribution in [3.63, 3.8) is 0 Å². The second-order valence-electron chi connectivity index (χ2n) is 4.01. The molecule has 1 aliphatic carbocycles. The van der Waals surface area contributed by atoms with E-state index < -0.39 is 0 Å². The molecular weight excluding hydrogens is 218 g/mol. The molecule has 2 aromatic heterocycles. The summed E-state index contributed by atoms with van der Waals surface area (Å²) in [5.41, 5.74) is 1.88. The van der Waals surface area contributed by atoms with Crippen molar-refractivity contribution < 1.29 is 0 Å². The van der Waals surface area contributed by atoms with Gasteiger partial charge in [-0.05, 0) is 25.0 Å². The minimum atomic E-state index is 0.574. The lowest BCUT2D eigenvalue weighted by Gasteiger charge is -2.03. The molecule has 2 heterocycles. The van der Waals surface area contributed by atoms with Gasteiger partial charge in [0.05, 0.1) is 11.4 Å². The van der Waals surface area contributed by atoms with E-state index in [1.807, 2.05) is 24.3 Å². The molecular formula is C12H11N3S. The zero-order valence-electron chi connectivity index (χ0n) is 8.68. The Hall–Kier alpha value is -1.55. The molecule has 1 saturated carbocycles. The highest BCUT2D eigenvalue weighted by Crippen LogP contribution is 2.38. The van der Waals surface area contributed by atoms with Gasteiger partial charge in [-0.3, -0.25) is 4.98 Å². The number of hydrogen-bond acceptors (Lipinski definition) is 3. The molecule has 3 nitrogen and oxygen atoms in total. The summed E-state index contributed by atoms with van der Waals surface area (Å²) in [6.45, 7) is 0. The Morgan fingerprint density at radius 2 is 2.19 bits per heavy atom. The average Bonchev–Trinajstić information content (AvgIpc) is 3.13. The lowest BCUT2D eigenvalue weighted by molar-refractivity contribution is 0.921. The van der Waals surface area contributed by atoms with Gasteiger partial charge in [-0.25, -0.2) is 4.98 Å². The van der Waals surface area contributed by atoms with Gasteiger partial charge in [-0.2, -0.15) is 0 Å². The quantitative estimate of drug-likeness (QED) is 0.805. The van der Waals surface area contributed by atoms with Crippen molar-refractivity contribution in [3.8, 4) is 11.4 Å². The van der Waals surface area contributed by atoms with Gasteiger partial charge in [0.15, 0.2) is 0 Å². The molecule has 0 unspecified atom stereocenters. The van der Waals surface area contributed by atoms with Gasteiger partial charge in [0.1, 0.15) is 10.5 Å². The SMILES string of the molecule is S=c1cc(-c2ccccn2)[nH]c(C2CC2)n1. The van der Waals surface area contributed by atoms with Gasteiger partial charge in [-0.1, -0.05) is 18.3 Å². The Labute approximate surface area is 98.6 Å². The van der Waals surface area contributed by atoms with E-state index >= 15 is 0 Å². The average molecular weight is 229 g/mol. The smallest absolute Gasteiger partial charge is 0.130 e. The van der Waals surface area contributed by atoms with Gasteiger partial charge in [0, 0.05) is 18.2 Å². The third-order valence-corrected chi connectivity index (χ3v) is 2.88. The number of pyridine rings is 1. The first-order valence-electron chi connectivity index (χ1n) is 5.35. The predicted molar refractivity (Wildman–Crippen MR) is 64.6 cm³/mol. The largest absolute Gasteiger partial charge is 0.342 e. The molecule has 1 aliphatic rings. The molecule has 3 rings (SSSR count). The molecule has 0 amide bonds. The Morgan fingerprint density at radius 3 is 2.88 bits per heavy atom. The van der Waals surface area contributed by atoms with Crippen LogP contribution in [0.5, 0.6) is 0 Å². The monoisotopic (exact) mass is 229 g/mol. The van der Waals surface area contributed by atoms with Gasteiger partial charge in [0.2, 0.25) is 0 Å². The molecule has 0 aliphatic heterocycles. The maximum Gasteiger partial charge on any atom is 0.130 e. The van der Waals surface area contributed by atoms with E-state index in [9.17, 15) is 0 Å². The fraction of sp³-hybridized carbons (Fsp3) is 0.250. The molecule has 1 fully saturated rings. The van der Waals surface area contributed by atoms with Crippen LogP contribution in [0.15, 0.2) is 30.5 Å². The van der Waals surface area contributed by atoms with Crippen LogP contribution in [0.3, 0.4) is 0 Å². The number of aromatic amines is 1. The van der Waals surface area contributed by atoms with Crippen LogP contribution < -0.4 is 0 Å². The standard InChI is InChI=1S/C12H11N3S/c16-11-7-10(9-3-1-2-6-13-9)14-12(15-11)8-4-5-8/h1-3,6-8H,4-5H2,(H,14,15,16). The summed E-state index contributed by atoms with van der Waals surface area (Å²) in [5.74, 6) is 1.58. The zero-order chi connectivity index (χ0) is 11.0. The topological polar surface area (TPSA) is 41.6 Å².